The van der Waals surface area contributed by atoms with Crippen molar-refractivity contribution in [1.82, 2.24) is 0 Å². The Morgan fingerprint density at radius 1 is 1.17 bits per heavy atom. The molecule has 0 amide bonds. The number of carboxylic acid groups (broad SMARTS) is 2. The molecular weight excluding hydrogens is 253 g/mol. The van der Waals surface area contributed by atoms with Gasteiger partial charge in [-0.1, -0.05) is 25.1 Å². The predicted molar refractivity (Wildman–Crippen MR) is 56.5 cm³/mol. The van der Waals surface area contributed by atoms with Crippen LogP contribution in [0.1, 0.15) is 22.8 Å². The Morgan fingerprint density at radius 2 is 1.61 bits per heavy atom. The van der Waals surface area contributed by atoms with Crippen molar-refractivity contribution >= 4 is 11.9 Å². The van der Waals surface area contributed by atoms with Gasteiger partial charge in [0.25, 0.3) is 0 Å². The molecule has 0 atom stereocenters. The van der Waals surface area contributed by atoms with Crippen molar-refractivity contribution in [1.29, 1.82) is 0 Å². The summed E-state index contributed by atoms with van der Waals surface area (Å²) >= 11 is 0. The molecule has 4 nitrogen and oxygen atoms in total. The summed E-state index contributed by atoms with van der Waals surface area (Å²) in [6.07, 6.45) is -4.32. The second-order valence-corrected chi connectivity index (χ2v) is 3.12. The first-order valence-electron chi connectivity index (χ1n) is 4.81. The molecule has 0 spiro atoms. The van der Waals surface area contributed by atoms with Gasteiger partial charge < -0.3 is 10.2 Å². The van der Waals surface area contributed by atoms with E-state index in [-0.39, 0.29) is 0 Å². The van der Waals surface area contributed by atoms with E-state index in [2.05, 4.69) is 0 Å². The lowest BCUT2D eigenvalue weighted by Crippen LogP contribution is -2.21. The van der Waals surface area contributed by atoms with Crippen LogP contribution in [0, 0.1) is 0 Å². The molecule has 1 rings (SSSR count). The van der Waals surface area contributed by atoms with Crippen molar-refractivity contribution in [2.45, 2.75) is 19.5 Å². The van der Waals surface area contributed by atoms with Gasteiger partial charge in [0.15, 0.2) is 0 Å². The van der Waals surface area contributed by atoms with Crippen LogP contribution < -0.4 is 0 Å². The van der Waals surface area contributed by atoms with Crippen molar-refractivity contribution in [2.24, 2.45) is 0 Å². The topological polar surface area (TPSA) is 74.6 Å². The van der Waals surface area contributed by atoms with Gasteiger partial charge in [0.1, 0.15) is 0 Å². The molecule has 0 saturated heterocycles. The van der Waals surface area contributed by atoms with Crippen LogP contribution in [0.2, 0.25) is 0 Å². The Labute approximate surface area is 101 Å². The molecule has 0 saturated carbocycles. The number of rotatable bonds is 2. The standard InChI is InChI=1S/C9H10O2.C2HF3O2/c1-2-7-5-3-4-6-8(7)9(10)11;3-2(4,5)1(6)7/h3-6H,2H2,1H3,(H,10,11);(H,6,7). The Hall–Kier alpha value is -2.05. The van der Waals surface area contributed by atoms with Crippen LogP contribution in [0.3, 0.4) is 0 Å². The number of carbonyl (C=O) groups is 2. The number of aryl methyl sites for hydroxylation is 1. The minimum atomic E-state index is -5.08. The molecule has 0 aromatic heterocycles. The third-order valence-electron chi connectivity index (χ3n) is 1.87. The van der Waals surface area contributed by atoms with E-state index < -0.39 is 18.1 Å². The number of hydrogen-bond acceptors (Lipinski definition) is 2. The van der Waals surface area contributed by atoms with Crippen LogP contribution in [0.5, 0.6) is 0 Å². The summed E-state index contributed by atoms with van der Waals surface area (Å²) in [5.41, 5.74) is 1.30. The van der Waals surface area contributed by atoms with E-state index in [9.17, 15) is 18.0 Å². The number of alkyl halides is 3. The van der Waals surface area contributed by atoms with Gasteiger partial charge >= 0.3 is 18.1 Å². The molecule has 0 heterocycles. The summed E-state index contributed by atoms with van der Waals surface area (Å²) in [7, 11) is 0. The van der Waals surface area contributed by atoms with E-state index in [1.807, 2.05) is 19.1 Å². The summed E-state index contributed by atoms with van der Waals surface area (Å²) in [6, 6.07) is 7.05. The molecule has 0 fully saturated rings. The molecule has 0 aliphatic carbocycles. The number of benzene rings is 1. The zero-order valence-electron chi connectivity index (χ0n) is 9.36. The minimum absolute atomic E-state index is 0.412. The van der Waals surface area contributed by atoms with Gasteiger partial charge in [0.2, 0.25) is 0 Å². The number of halogens is 3. The van der Waals surface area contributed by atoms with Crippen LogP contribution in [-0.4, -0.2) is 28.3 Å². The fraction of sp³-hybridized carbons (Fsp3) is 0.273. The third-order valence-corrected chi connectivity index (χ3v) is 1.87. The first kappa shape index (κ1) is 16.0. The molecule has 0 aliphatic rings. The van der Waals surface area contributed by atoms with Crippen molar-refractivity contribution < 1.29 is 33.0 Å². The molecule has 0 bridgehead atoms. The van der Waals surface area contributed by atoms with Crippen molar-refractivity contribution in [3.63, 3.8) is 0 Å². The highest BCUT2D eigenvalue weighted by atomic mass is 19.4. The Balaban J connectivity index is 0.000000360. The van der Waals surface area contributed by atoms with Crippen LogP contribution >= 0.6 is 0 Å². The molecule has 7 heteroatoms. The Morgan fingerprint density at radius 3 is 1.89 bits per heavy atom. The smallest absolute Gasteiger partial charge is 0.478 e. The van der Waals surface area contributed by atoms with Crippen molar-refractivity contribution in [3.8, 4) is 0 Å². The SMILES string of the molecule is CCc1ccccc1C(=O)O.O=C(O)C(F)(F)F. The zero-order chi connectivity index (χ0) is 14.3. The lowest BCUT2D eigenvalue weighted by Gasteiger charge is -2.00. The van der Waals surface area contributed by atoms with E-state index >= 15 is 0 Å². The van der Waals surface area contributed by atoms with Gasteiger partial charge in [-0.05, 0) is 18.1 Å². The predicted octanol–water partition coefficient (Wildman–Crippen LogP) is 2.58. The monoisotopic (exact) mass is 264 g/mol. The van der Waals surface area contributed by atoms with Crippen LogP contribution in [-0.2, 0) is 11.2 Å². The molecule has 100 valence electrons. The lowest BCUT2D eigenvalue weighted by atomic mass is 10.1. The van der Waals surface area contributed by atoms with E-state index in [1.54, 1.807) is 12.1 Å². The largest absolute Gasteiger partial charge is 0.490 e. The molecule has 1 aromatic rings. The fourth-order valence-corrected chi connectivity index (χ4v) is 1.04. The average Bonchev–Trinajstić information content (AvgIpc) is 2.28. The molecule has 0 aliphatic heterocycles. The van der Waals surface area contributed by atoms with E-state index in [1.165, 1.54) is 0 Å². The van der Waals surface area contributed by atoms with Gasteiger partial charge in [0, 0.05) is 0 Å². The minimum Gasteiger partial charge on any atom is -0.478 e. The molecule has 2 N–H and O–H groups in total. The second-order valence-electron chi connectivity index (χ2n) is 3.12. The highest BCUT2D eigenvalue weighted by molar-refractivity contribution is 5.89. The van der Waals surface area contributed by atoms with Crippen molar-refractivity contribution in [3.05, 3.63) is 35.4 Å². The quantitative estimate of drug-likeness (QED) is 0.860. The fourth-order valence-electron chi connectivity index (χ4n) is 1.04. The summed E-state index contributed by atoms with van der Waals surface area (Å²) in [6.45, 7) is 1.95. The number of aromatic carboxylic acids is 1. The first-order valence-corrected chi connectivity index (χ1v) is 4.81. The van der Waals surface area contributed by atoms with Gasteiger partial charge in [-0.25, -0.2) is 9.59 Å². The molecule has 18 heavy (non-hydrogen) atoms. The third kappa shape index (κ3) is 5.33. The normalized spacial score (nSPS) is 10.2. The van der Waals surface area contributed by atoms with Gasteiger partial charge in [-0.2, -0.15) is 13.2 Å². The number of carboxylic acids is 2. The second kappa shape index (κ2) is 6.63. The summed E-state index contributed by atoms with van der Waals surface area (Å²) in [5.74, 6) is -3.60. The maximum atomic E-state index is 10.6. The lowest BCUT2D eigenvalue weighted by molar-refractivity contribution is -0.192. The highest BCUT2D eigenvalue weighted by Gasteiger charge is 2.38. The average molecular weight is 264 g/mol. The number of hydrogen-bond donors (Lipinski definition) is 2. The van der Waals surface area contributed by atoms with Gasteiger partial charge in [0.05, 0.1) is 5.56 Å². The van der Waals surface area contributed by atoms with Crippen LogP contribution in [0.15, 0.2) is 24.3 Å². The van der Waals surface area contributed by atoms with Crippen LogP contribution in [0.4, 0.5) is 13.2 Å². The van der Waals surface area contributed by atoms with Crippen molar-refractivity contribution in [2.75, 3.05) is 0 Å². The summed E-state index contributed by atoms with van der Waals surface area (Å²) < 4.78 is 31.7. The molecule has 0 unspecified atom stereocenters. The molecular formula is C11H11F3O4. The first-order chi connectivity index (χ1) is 8.20. The summed E-state index contributed by atoms with van der Waals surface area (Å²) in [4.78, 5) is 19.5. The summed E-state index contributed by atoms with van der Waals surface area (Å²) in [5, 5.41) is 15.8. The van der Waals surface area contributed by atoms with E-state index in [4.69, 9.17) is 15.0 Å². The molecule has 0 radical (unpaired) electrons. The maximum Gasteiger partial charge on any atom is 0.490 e. The highest BCUT2D eigenvalue weighted by Crippen LogP contribution is 2.13. The van der Waals surface area contributed by atoms with Crippen LogP contribution in [0.25, 0.3) is 0 Å². The van der Waals surface area contributed by atoms with Gasteiger partial charge in [-0.3, -0.25) is 0 Å². The Bertz CT molecular complexity index is 427. The Kier molecular flexibility index (Phi) is 5.87. The van der Waals surface area contributed by atoms with Gasteiger partial charge in [-0.15, -0.1) is 0 Å². The number of aliphatic carboxylic acids is 1. The maximum absolute atomic E-state index is 10.6. The van der Waals surface area contributed by atoms with E-state index in [0.29, 0.717) is 5.56 Å². The molecule has 1 aromatic carbocycles. The zero-order valence-corrected chi connectivity index (χ0v) is 9.36. The van der Waals surface area contributed by atoms with E-state index in [0.717, 1.165) is 12.0 Å².